The van der Waals surface area contributed by atoms with E-state index in [9.17, 15) is 0 Å². The number of hydrogen-bond donors (Lipinski definition) is 1. The molecule has 1 saturated carbocycles. The van der Waals surface area contributed by atoms with E-state index in [2.05, 4.69) is 43.3 Å². The molecule has 0 bridgehead atoms. The van der Waals surface area contributed by atoms with Crippen molar-refractivity contribution in [3.63, 3.8) is 0 Å². The van der Waals surface area contributed by atoms with Crippen LogP contribution in [0.3, 0.4) is 0 Å². The first kappa shape index (κ1) is 14.1. The molecule has 3 aromatic heterocycles. The fraction of sp³-hybridized carbons (Fsp3) is 0.533. The summed E-state index contributed by atoms with van der Waals surface area (Å²) in [5.41, 5.74) is 2.52. The zero-order chi connectivity index (χ0) is 15.8. The van der Waals surface area contributed by atoms with E-state index in [4.69, 9.17) is 5.10 Å². The Morgan fingerprint density at radius 1 is 1.17 bits per heavy atom. The summed E-state index contributed by atoms with van der Waals surface area (Å²) in [6.45, 7) is 2.10. The number of nitrogens with one attached hydrogen (secondary N) is 1. The lowest BCUT2D eigenvalue weighted by Gasteiger charge is -2.23. The molecule has 1 N–H and O–H groups in total. The minimum absolute atomic E-state index is 0.515. The second-order valence-electron chi connectivity index (χ2n) is 6.14. The molecule has 23 heavy (non-hydrogen) atoms. The molecule has 0 saturated heterocycles. The molecule has 3 aromatic rings. The highest BCUT2D eigenvalue weighted by Gasteiger charge is 2.19. The Morgan fingerprint density at radius 2 is 2.00 bits per heavy atom. The zero-order valence-electron chi connectivity index (χ0n) is 13.4. The molecule has 0 aromatic carbocycles. The van der Waals surface area contributed by atoms with Crippen molar-refractivity contribution in [2.75, 3.05) is 5.32 Å². The predicted molar refractivity (Wildman–Crippen MR) is 86.5 cm³/mol. The molecule has 120 valence electrons. The molecule has 0 unspecified atom stereocenters. The lowest BCUT2D eigenvalue weighted by molar-refractivity contribution is 0.325. The van der Waals surface area contributed by atoms with Crippen LogP contribution in [0.4, 0.5) is 11.6 Å². The number of anilines is 2. The third-order valence-electron chi connectivity index (χ3n) is 4.48. The molecule has 8 nitrogen and oxygen atoms in total. The molecule has 0 amide bonds. The Hall–Kier alpha value is -2.51. The topological polar surface area (TPSA) is 86.3 Å². The van der Waals surface area contributed by atoms with Gasteiger partial charge in [-0.3, -0.25) is 4.68 Å². The Kier molecular flexibility index (Phi) is 3.44. The van der Waals surface area contributed by atoms with Gasteiger partial charge in [0.05, 0.1) is 6.04 Å². The second kappa shape index (κ2) is 5.60. The maximum atomic E-state index is 4.73. The van der Waals surface area contributed by atoms with E-state index in [-0.39, 0.29) is 0 Å². The first-order valence-electron chi connectivity index (χ1n) is 8.06. The van der Waals surface area contributed by atoms with Gasteiger partial charge in [-0.15, -0.1) is 5.10 Å². The van der Waals surface area contributed by atoms with Crippen molar-refractivity contribution in [1.82, 2.24) is 34.7 Å². The Bertz CT molecular complexity index is 827. The van der Waals surface area contributed by atoms with E-state index < -0.39 is 0 Å². The van der Waals surface area contributed by atoms with E-state index in [1.54, 1.807) is 4.68 Å². The highest BCUT2D eigenvalue weighted by atomic mass is 15.4. The fourth-order valence-electron chi connectivity index (χ4n) is 3.31. The minimum Gasteiger partial charge on any atom is -0.321 e. The summed E-state index contributed by atoms with van der Waals surface area (Å²) in [5, 5.41) is 16.1. The molecule has 0 aliphatic heterocycles. The number of aromatic nitrogens is 7. The third kappa shape index (κ3) is 2.54. The summed E-state index contributed by atoms with van der Waals surface area (Å²) in [7, 11) is 1.81. The van der Waals surface area contributed by atoms with Gasteiger partial charge in [0, 0.05) is 18.8 Å². The van der Waals surface area contributed by atoms with Crippen molar-refractivity contribution >= 4 is 22.8 Å². The van der Waals surface area contributed by atoms with Crippen molar-refractivity contribution in [3.8, 4) is 0 Å². The minimum atomic E-state index is 0.515. The molecule has 3 heterocycles. The summed E-state index contributed by atoms with van der Waals surface area (Å²) in [5.74, 6) is 1.43. The van der Waals surface area contributed by atoms with Crippen LogP contribution in [0.2, 0.25) is 0 Å². The van der Waals surface area contributed by atoms with Crippen molar-refractivity contribution in [2.45, 2.75) is 45.1 Å². The van der Waals surface area contributed by atoms with Crippen molar-refractivity contribution in [2.24, 2.45) is 7.05 Å². The van der Waals surface area contributed by atoms with Gasteiger partial charge in [-0.2, -0.15) is 5.10 Å². The normalized spacial score (nSPS) is 16.1. The van der Waals surface area contributed by atoms with Gasteiger partial charge in [-0.25, -0.2) is 14.6 Å². The van der Waals surface area contributed by atoms with Gasteiger partial charge >= 0.3 is 0 Å². The van der Waals surface area contributed by atoms with Crippen LogP contribution in [0.25, 0.3) is 11.2 Å². The molecule has 1 fully saturated rings. The Balaban J connectivity index is 1.63. The van der Waals surface area contributed by atoms with Gasteiger partial charge in [0.2, 0.25) is 0 Å². The second-order valence-corrected chi connectivity index (χ2v) is 6.14. The number of fused-ring (bicyclic) bond motifs is 1. The maximum absolute atomic E-state index is 4.73. The van der Waals surface area contributed by atoms with E-state index >= 15 is 0 Å². The van der Waals surface area contributed by atoms with E-state index in [0.717, 1.165) is 5.82 Å². The smallest absolute Gasteiger partial charge is 0.183 e. The number of hydrogen-bond acceptors (Lipinski definition) is 6. The molecular formula is C15H20N8. The molecular weight excluding hydrogens is 292 g/mol. The van der Waals surface area contributed by atoms with Gasteiger partial charge in [-0.05, 0) is 19.8 Å². The summed E-state index contributed by atoms with van der Waals surface area (Å²) < 4.78 is 3.78. The SMILES string of the molecule is Cc1cc(Nc2ncnc3c2nnn3C)nn1C1CCCCC1. The number of nitrogens with zero attached hydrogens (tertiary/aromatic N) is 7. The summed E-state index contributed by atoms with van der Waals surface area (Å²) in [4.78, 5) is 8.48. The molecule has 8 heteroatoms. The van der Waals surface area contributed by atoms with E-state index in [0.29, 0.717) is 23.0 Å². The predicted octanol–water partition coefficient (Wildman–Crippen LogP) is 2.51. The van der Waals surface area contributed by atoms with E-state index in [1.807, 2.05) is 7.05 Å². The van der Waals surface area contributed by atoms with Crippen LogP contribution in [0.15, 0.2) is 12.4 Å². The standard InChI is InChI=1S/C15H20N8/c1-10-8-12(20-23(10)11-6-4-3-5-7-11)18-14-13-15(17-9-16-14)22(2)21-19-13/h8-9,11H,3-7H2,1-2H3,(H,16,17,18,20). The van der Waals surface area contributed by atoms with Gasteiger partial charge < -0.3 is 5.32 Å². The van der Waals surface area contributed by atoms with Crippen LogP contribution in [-0.4, -0.2) is 34.7 Å². The number of rotatable bonds is 3. The molecule has 0 atom stereocenters. The van der Waals surface area contributed by atoms with Gasteiger partial charge in [0.25, 0.3) is 0 Å². The van der Waals surface area contributed by atoms with Gasteiger partial charge in [-0.1, -0.05) is 24.5 Å². The summed E-state index contributed by atoms with van der Waals surface area (Å²) in [6, 6.07) is 2.57. The van der Waals surface area contributed by atoms with Gasteiger partial charge in [0.1, 0.15) is 6.33 Å². The number of aryl methyl sites for hydroxylation is 2. The molecule has 4 rings (SSSR count). The lowest BCUT2D eigenvalue weighted by Crippen LogP contribution is -2.15. The molecule has 1 aliphatic rings. The Labute approximate surface area is 133 Å². The summed E-state index contributed by atoms with van der Waals surface area (Å²) in [6.07, 6.45) is 7.86. The maximum Gasteiger partial charge on any atom is 0.183 e. The van der Waals surface area contributed by atoms with Crippen molar-refractivity contribution in [1.29, 1.82) is 0 Å². The Morgan fingerprint density at radius 3 is 2.83 bits per heavy atom. The first-order valence-corrected chi connectivity index (χ1v) is 8.06. The van der Waals surface area contributed by atoms with Crippen molar-refractivity contribution < 1.29 is 0 Å². The quantitative estimate of drug-likeness (QED) is 0.799. The molecule has 1 aliphatic carbocycles. The van der Waals surface area contributed by atoms with Gasteiger partial charge in [0.15, 0.2) is 22.8 Å². The fourth-order valence-corrected chi connectivity index (χ4v) is 3.31. The van der Waals surface area contributed by atoms with Crippen LogP contribution in [-0.2, 0) is 7.05 Å². The molecule has 0 radical (unpaired) electrons. The first-order chi connectivity index (χ1) is 11.2. The zero-order valence-corrected chi connectivity index (χ0v) is 13.4. The van der Waals surface area contributed by atoms with Crippen LogP contribution in [0.1, 0.15) is 43.8 Å². The van der Waals surface area contributed by atoms with Crippen LogP contribution < -0.4 is 5.32 Å². The highest BCUT2D eigenvalue weighted by molar-refractivity contribution is 5.83. The average molecular weight is 312 g/mol. The van der Waals surface area contributed by atoms with Crippen LogP contribution in [0, 0.1) is 6.92 Å². The van der Waals surface area contributed by atoms with Crippen LogP contribution in [0.5, 0.6) is 0 Å². The third-order valence-corrected chi connectivity index (χ3v) is 4.48. The molecule has 0 spiro atoms. The largest absolute Gasteiger partial charge is 0.321 e. The lowest BCUT2D eigenvalue weighted by atomic mass is 9.95. The van der Waals surface area contributed by atoms with Crippen LogP contribution >= 0.6 is 0 Å². The monoisotopic (exact) mass is 312 g/mol. The highest BCUT2D eigenvalue weighted by Crippen LogP contribution is 2.30. The van der Waals surface area contributed by atoms with E-state index in [1.165, 1.54) is 44.1 Å². The van der Waals surface area contributed by atoms with Crippen molar-refractivity contribution in [3.05, 3.63) is 18.1 Å². The summed E-state index contributed by atoms with van der Waals surface area (Å²) >= 11 is 0. The average Bonchev–Trinajstić information content (AvgIpc) is 3.13.